The van der Waals surface area contributed by atoms with Gasteiger partial charge in [0.15, 0.2) is 0 Å². The summed E-state index contributed by atoms with van der Waals surface area (Å²) in [7, 11) is 3.05. The highest BCUT2D eigenvalue weighted by molar-refractivity contribution is 5.07. The van der Waals surface area contributed by atoms with E-state index in [4.69, 9.17) is 9.47 Å². The van der Waals surface area contributed by atoms with E-state index >= 15 is 0 Å². The maximum atomic E-state index is 10.5. The van der Waals surface area contributed by atoms with Crippen molar-refractivity contribution < 1.29 is 40.1 Å². The lowest BCUT2D eigenvalue weighted by atomic mass is 9.75. The molecule has 3 fully saturated rings. The van der Waals surface area contributed by atoms with Crippen molar-refractivity contribution in [2.75, 3.05) is 14.2 Å². The molecule has 3 aliphatic carbocycles. The summed E-state index contributed by atoms with van der Waals surface area (Å²) in [6.07, 6.45) is 5.36. The monoisotopic (exact) mass is 456 g/mol. The molecule has 0 saturated heterocycles. The molecule has 3 rings (SSSR count). The summed E-state index contributed by atoms with van der Waals surface area (Å²) in [5, 5.41) is 61.2. The zero-order chi connectivity index (χ0) is 23.4. The summed E-state index contributed by atoms with van der Waals surface area (Å²) in [6, 6.07) is 0. The average molecular weight is 457 g/mol. The first kappa shape index (κ1) is 25.8. The summed E-state index contributed by atoms with van der Waals surface area (Å²) in [6.45, 7) is 0. The number of aliphatic hydroxyl groups excluding tert-OH is 6. The standard InChI is InChI=1S/C24H40O8/c1-31-21-9-13(7-19(27)23(21)29)3-5-15-11-16(18(26)12-17(15)25)6-4-14-8-20(28)24(30)22(10-14)32-2/h3-6,13-30H,7-12H2,1-2H3/b5-3+,6-4+. The summed E-state index contributed by atoms with van der Waals surface area (Å²) >= 11 is 0. The minimum atomic E-state index is -0.883. The fraction of sp³-hybridized carbons (Fsp3) is 0.833. The highest BCUT2D eigenvalue weighted by atomic mass is 16.5. The minimum absolute atomic E-state index is 0.0486. The van der Waals surface area contributed by atoms with Crippen molar-refractivity contribution in [3.8, 4) is 0 Å². The lowest BCUT2D eigenvalue weighted by Crippen LogP contribution is -2.45. The molecular formula is C24H40O8. The van der Waals surface area contributed by atoms with Crippen molar-refractivity contribution in [3.05, 3.63) is 24.3 Å². The Kier molecular flexibility index (Phi) is 9.29. The Morgan fingerprint density at radius 3 is 1.28 bits per heavy atom. The molecule has 0 radical (unpaired) electrons. The Labute approximate surface area is 190 Å². The van der Waals surface area contributed by atoms with Gasteiger partial charge in [0.25, 0.3) is 0 Å². The van der Waals surface area contributed by atoms with Crippen LogP contribution < -0.4 is 0 Å². The third-order valence-electron chi connectivity index (χ3n) is 7.59. The van der Waals surface area contributed by atoms with Gasteiger partial charge in [0.05, 0.1) is 36.6 Å². The Morgan fingerprint density at radius 1 is 0.500 bits per heavy atom. The summed E-state index contributed by atoms with van der Waals surface area (Å²) in [5.74, 6) is -0.146. The molecule has 0 aliphatic heterocycles. The van der Waals surface area contributed by atoms with E-state index in [-0.39, 0.29) is 30.1 Å². The van der Waals surface area contributed by atoms with Crippen molar-refractivity contribution >= 4 is 0 Å². The lowest BCUT2D eigenvalue weighted by Gasteiger charge is -2.37. The highest BCUT2D eigenvalue weighted by Gasteiger charge is 2.37. The van der Waals surface area contributed by atoms with E-state index < -0.39 is 48.8 Å². The van der Waals surface area contributed by atoms with Crippen LogP contribution in [0.2, 0.25) is 0 Å². The van der Waals surface area contributed by atoms with Crippen molar-refractivity contribution in [2.45, 2.75) is 87.4 Å². The van der Waals surface area contributed by atoms with E-state index in [1.165, 1.54) is 14.2 Å². The second-order valence-corrected chi connectivity index (χ2v) is 9.83. The van der Waals surface area contributed by atoms with Crippen LogP contribution in [-0.2, 0) is 9.47 Å². The summed E-state index contributed by atoms with van der Waals surface area (Å²) in [4.78, 5) is 0. The first-order chi connectivity index (χ1) is 15.2. The van der Waals surface area contributed by atoms with Gasteiger partial charge in [0.1, 0.15) is 12.2 Å². The predicted molar refractivity (Wildman–Crippen MR) is 118 cm³/mol. The molecule has 8 heteroatoms. The van der Waals surface area contributed by atoms with E-state index in [0.717, 1.165) is 0 Å². The third-order valence-corrected chi connectivity index (χ3v) is 7.59. The van der Waals surface area contributed by atoms with E-state index in [1.54, 1.807) is 0 Å². The fourth-order valence-corrected chi connectivity index (χ4v) is 5.49. The fourth-order valence-electron chi connectivity index (χ4n) is 5.49. The number of hydrogen-bond acceptors (Lipinski definition) is 8. The van der Waals surface area contributed by atoms with Gasteiger partial charge in [-0.15, -0.1) is 0 Å². The summed E-state index contributed by atoms with van der Waals surface area (Å²) in [5.41, 5.74) is 0. The van der Waals surface area contributed by atoms with E-state index in [2.05, 4.69) is 0 Å². The second-order valence-electron chi connectivity index (χ2n) is 9.83. The molecule has 12 atom stereocenters. The zero-order valence-electron chi connectivity index (χ0n) is 19.0. The van der Waals surface area contributed by atoms with Crippen molar-refractivity contribution in [1.82, 2.24) is 0 Å². The Balaban J connectivity index is 1.60. The van der Waals surface area contributed by atoms with Gasteiger partial charge in [-0.05, 0) is 43.9 Å². The van der Waals surface area contributed by atoms with Crippen LogP contribution in [0.15, 0.2) is 24.3 Å². The van der Waals surface area contributed by atoms with Crippen molar-refractivity contribution in [2.24, 2.45) is 23.7 Å². The van der Waals surface area contributed by atoms with Crippen LogP contribution in [0.25, 0.3) is 0 Å². The second kappa shape index (κ2) is 11.5. The smallest absolute Gasteiger partial charge is 0.106 e. The third kappa shape index (κ3) is 6.18. The quantitative estimate of drug-likeness (QED) is 0.310. The molecule has 0 aromatic heterocycles. The SMILES string of the molecule is COC1CC(/C=C/C2CC(/C=C/C3CC(O)C(O)C(OC)C3)C(O)CC2O)CC(O)C1O. The van der Waals surface area contributed by atoms with E-state index in [0.29, 0.717) is 32.1 Å². The van der Waals surface area contributed by atoms with Gasteiger partial charge < -0.3 is 40.1 Å². The van der Waals surface area contributed by atoms with E-state index in [1.807, 2.05) is 24.3 Å². The van der Waals surface area contributed by atoms with Gasteiger partial charge in [-0.1, -0.05) is 24.3 Å². The Bertz CT molecular complexity index is 587. The topological polar surface area (TPSA) is 140 Å². The number of allylic oxidation sites excluding steroid dienone is 2. The molecular weight excluding hydrogens is 416 g/mol. The van der Waals surface area contributed by atoms with Crippen LogP contribution in [0.5, 0.6) is 0 Å². The van der Waals surface area contributed by atoms with Gasteiger partial charge in [0.2, 0.25) is 0 Å². The van der Waals surface area contributed by atoms with Gasteiger partial charge >= 0.3 is 0 Å². The van der Waals surface area contributed by atoms with Crippen LogP contribution in [0.4, 0.5) is 0 Å². The Morgan fingerprint density at radius 2 is 0.906 bits per heavy atom. The predicted octanol–water partition coefficient (Wildman–Crippen LogP) is 0.140. The highest BCUT2D eigenvalue weighted by Crippen LogP contribution is 2.35. The number of ether oxygens (including phenoxy) is 2. The van der Waals surface area contributed by atoms with Crippen LogP contribution in [0.1, 0.15) is 38.5 Å². The molecule has 0 bridgehead atoms. The van der Waals surface area contributed by atoms with Gasteiger partial charge in [-0.2, -0.15) is 0 Å². The lowest BCUT2D eigenvalue weighted by molar-refractivity contribution is -0.108. The van der Waals surface area contributed by atoms with Crippen LogP contribution >= 0.6 is 0 Å². The van der Waals surface area contributed by atoms with Gasteiger partial charge in [-0.25, -0.2) is 0 Å². The van der Waals surface area contributed by atoms with Crippen LogP contribution in [0.3, 0.4) is 0 Å². The number of methoxy groups -OCH3 is 2. The molecule has 3 aliphatic rings. The van der Waals surface area contributed by atoms with Crippen molar-refractivity contribution in [3.63, 3.8) is 0 Å². The normalized spacial score (nSPS) is 48.5. The molecule has 0 heterocycles. The minimum Gasteiger partial charge on any atom is -0.392 e. The molecule has 0 aromatic carbocycles. The maximum absolute atomic E-state index is 10.5. The molecule has 3 saturated carbocycles. The van der Waals surface area contributed by atoms with Crippen LogP contribution in [-0.4, -0.2) is 93.7 Å². The molecule has 0 aromatic rings. The molecule has 8 nitrogen and oxygen atoms in total. The molecule has 12 unspecified atom stereocenters. The number of rotatable bonds is 6. The van der Waals surface area contributed by atoms with Crippen molar-refractivity contribution in [1.29, 1.82) is 0 Å². The molecule has 32 heavy (non-hydrogen) atoms. The number of aliphatic hydroxyl groups is 6. The first-order valence-electron chi connectivity index (χ1n) is 11.7. The Hall–Kier alpha value is -0.840. The largest absolute Gasteiger partial charge is 0.392 e. The van der Waals surface area contributed by atoms with Crippen LogP contribution in [0, 0.1) is 23.7 Å². The molecule has 0 amide bonds. The van der Waals surface area contributed by atoms with Gasteiger partial charge in [-0.3, -0.25) is 0 Å². The zero-order valence-corrected chi connectivity index (χ0v) is 19.0. The first-order valence-corrected chi connectivity index (χ1v) is 11.7. The number of hydrogen-bond donors (Lipinski definition) is 6. The maximum Gasteiger partial charge on any atom is 0.106 e. The van der Waals surface area contributed by atoms with Gasteiger partial charge in [0, 0.05) is 32.5 Å². The van der Waals surface area contributed by atoms with E-state index in [9.17, 15) is 30.6 Å². The molecule has 6 N–H and O–H groups in total. The molecule has 0 spiro atoms. The molecule has 184 valence electrons. The summed E-state index contributed by atoms with van der Waals surface area (Å²) < 4.78 is 10.6. The average Bonchev–Trinajstić information content (AvgIpc) is 2.76.